The van der Waals surface area contributed by atoms with Gasteiger partial charge in [-0.25, -0.2) is 9.18 Å². The number of carboxylic acids is 1. The molecule has 1 amide bonds. The molecule has 0 heterocycles. The van der Waals surface area contributed by atoms with E-state index in [1.165, 1.54) is 6.07 Å². The minimum atomic E-state index is -1.24. The van der Waals surface area contributed by atoms with Gasteiger partial charge in [0, 0.05) is 17.5 Å². The van der Waals surface area contributed by atoms with Gasteiger partial charge in [-0.15, -0.1) is 0 Å². The summed E-state index contributed by atoms with van der Waals surface area (Å²) >= 11 is 3.02. The Labute approximate surface area is 111 Å². The summed E-state index contributed by atoms with van der Waals surface area (Å²) in [6.45, 7) is -0.359. The van der Waals surface area contributed by atoms with Gasteiger partial charge >= 0.3 is 5.97 Å². The number of hydrogen-bond donors (Lipinski definition) is 3. The molecule has 0 radical (unpaired) electrons. The van der Waals surface area contributed by atoms with Gasteiger partial charge in [0.15, 0.2) is 0 Å². The molecule has 1 atom stereocenters. The number of halogens is 2. The number of carbonyl (C=O) groups is 2. The second kappa shape index (κ2) is 6.46. The van der Waals surface area contributed by atoms with Crippen LogP contribution in [0.1, 0.15) is 16.8 Å². The van der Waals surface area contributed by atoms with Gasteiger partial charge in [0.25, 0.3) is 5.91 Å². The highest BCUT2D eigenvalue weighted by Gasteiger charge is 2.21. The topological polar surface area (TPSA) is 86.6 Å². The van der Waals surface area contributed by atoms with Crippen LogP contribution in [0.15, 0.2) is 22.7 Å². The predicted molar refractivity (Wildman–Crippen MR) is 64.7 cm³/mol. The first-order valence-corrected chi connectivity index (χ1v) is 5.84. The second-order valence-corrected chi connectivity index (χ2v) is 4.36. The highest BCUT2D eigenvalue weighted by Crippen LogP contribution is 2.18. The predicted octanol–water partition coefficient (Wildman–Crippen LogP) is 1.15. The molecule has 0 saturated carbocycles. The number of nitrogens with one attached hydrogen (secondary N) is 1. The van der Waals surface area contributed by atoms with E-state index >= 15 is 0 Å². The first kappa shape index (κ1) is 14.6. The van der Waals surface area contributed by atoms with Crippen molar-refractivity contribution in [2.24, 2.45) is 0 Å². The van der Waals surface area contributed by atoms with Crippen LogP contribution in [0.5, 0.6) is 0 Å². The molecule has 7 heteroatoms. The molecule has 0 saturated heterocycles. The van der Waals surface area contributed by atoms with E-state index in [1.807, 2.05) is 0 Å². The van der Waals surface area contributed by atoms with Crippen LogP contribution in [0.3, 0.4) is 0 Å². The van der Waals surface area contributed by atoms with Crippen LogP contribution < -0.4 is 5.32 Å². The van der Waals surface area contributed by atoms with Crippen molar-refractivity contribution in [1.29, 1.82) is 0 Å². The number of aliphatic carboxylic acids is 1. The molecule has 3 N–H and O–H groups in total. The molecule has 1 rings (SSSR count). The van der Waals surface area contributed by atoms with Crippen molar-refractivity contribution in [2.75, 3.05) is 6.61 Å². The Morgan fingerprint density at radius 3 is 2.61 bits per heavy atom. The van der Waals surface area contributed by atoms with Crippen LogP contribution in [0.4, 0.5) is 4.39 Å². The molecule has 0 aromatic heterocycles. The SMILES string of the molecule is O=C(NC(CCO)C(=O)O)c1ccc(F)cc1Br. The van der Waals surface area contributed by atoms with Gasteiger partial charge in [-0.3, -0.25) is 4.79 Å². The lowest BCUT2D eigenvalue weighted by atomic mass is 10.1. The van der Waals surface area contributed by atoms with Crippen LogP contribution in [0.2, 0.25) is 0 Å². The fourth-order valence-electron chi connectivity index (χ4n) is 1.30. The number of rotatable bonds is 5. The van der Waals surface area contributed by atoms with Gasteiger partial charge < -0.3 is 15.5 Å². The van der Waals surface area contributed by atoms with E-state index in [4.69, 9.17) is 10.2 Å². The second-order valence-electron chi connectivity index (χ2n) is 3.50. The van der Waals surface area contributed by atoms with Crippen molar-refractivity contribution >= 4 is 27.8 Å². The van der Waals surface area contributed by atoms with Crippen molar-refractivity contribution in [2.45, 2.75) is 12.5 Å². The molecule has 1 aromatic carbocycles. The Morgan fingerprint density at radius 2 is 2.11 bits per heavy atom. The summed E-state index contributed by atoms with van der Waals surface area (Å²) in [6.07, 6.45) is -0.0973. The molecule has 1 aromatic rings. The third kappa shape index (κ3) is 3.78. The first-order chi connectivity index (χ1) is 8.45. The van der Waals surface area contributed by atoms with Crippen LogP contribution in [-0.2, 0) is 4.79 Å². The van der Waals surface area contributed by atoms with Crippen molar-refractivity contribution in [3.63, 3.8) is 0 Å². The normalized spacial score (nSPS) is 11.9. The zero-order chi connectivity index (χ0) is 13.7. The maximum absolute atomic E-state index is 12.8. The van der Waals surface area contributed by atoms with Crippen molar-refractivity contribution in [3.8, 4) is 0 Å². The smallest absolute Gasteiger partial charge is 0.326 e. The molecule has 0 aliphatic rings. The van der Waals surface area contributed by atoms with Gasteiger partial charge in [0.1, 0.15) is 11.9 Å². The maximum atomic E-state index is 12.8. The van der Waals surface area contributed by atoms with Crippen LogP contribution in [-0.4, -0.2) is 34.7 Å². The van der Waals surface area contributed by atoms with Gasteiger partial charge in [-0.1, -0.05) is 0 Å². The number of benzene rings is 1. The molecule has 0 spiro atoms. The summed E-state index contributed by atoms with van der Waals surface area (Å²) in [6, 6.07) is 2.27. The van der Waals surface area contributed by atoms with E-state index < -0.39 is 23.7 Å². The number of hydrogen-bond acceptors (Lipinski definition) is 3. The zero-order valence-electron chi connectivity index (χ0n) is 9.19. The highest BCUT2D eigenvalue weighted by atomic mass is 79.9. The summed E-state index contributed by atoms with van der Waals surface area (Å²) < 4.78 is 13.1. The van der Waals surface area contributed by atoms with Gasteiger partial charge in [-0.05, 0) is 34.1 Å². The minimum Gasteiger partial charge on any atom is -0.480 e. The number of carbonyl (C=O) groups excluding carboxylic acids is 1. The summed E-state index contributed by atoms with van der Waals surface area (Å²) in [5.41, 5.74) is 0.126. The molecule has 0 aliphatic carbocycles. The van der Waals surface area contributed by atoms with Crippen molar-refractivity contribution in [1.82, 2.24) is 5.32 Å². The number of amides is 1. The van der Waals surface area contributed by atoms with Crippen molar-refractivity contribution in [3.05, 3.63) is 34.1 Å². The summed E-state index contributed by atoms with van der Waals surface area (Å²) in [4.78, 5) is 22.6. The van der Waals surface area contributed by atoms with Crippen LogP contribution in [0.25, 0.3) is 0 Å². The Balaban J connectivity index is 2.83. The molecule has 1 unspecified atom stereocenters. The number of aliphatic hydroxyl groups is 1. The Bertz CT molecular complexity index is 466. The quantitative estimate of drug-likeness (QED) is 0.760. The van der Waals surface area contributed by atoms with Crippen LogP contribution >= 0.6 is 15.9 Å². The summed E-state index contributed by atoms with van der Waals surface area (Å²) in [5, 5.41) is 19.7. The fraction of sp³-hybridized carbons (Fsp3) is 0.273. The molecule has 0 aliphatic heterocycles. The largest absolute Gasteiger partial charge is 0.480 e. The Hall–Kier alpha value is -1.47. The van der Waals surface area contributed by atoms with E-state index in [-0.39, 0.29) is 23.1 Å². The lowest BCUT2D eigenvalue weighted by Crippen LogP contribution is -2.41. The van der Waals surface area contributed by atoms with Gasteiger partial charge in [0.05, 0.1) is 5.56 Å². The summed E-state index contributed by atoms with van der Waals surface area (Å²) in [5.74, 6) is -2.40. The lowest BCUT2D eigenvalue weighted by Gasteiger charge is -2.13. The first-order valence-electron chi connectivity index (χ1n) is 5.05. The maximum Gasteiger partial charge on any atom is 0.326 e. The van der Waals surface area contributed by atoms with Gasteiger partial charge in [-0.2, -0.15) is 0 Å². The molecule has 98 valence electrons. The zero-order valence-corrected chi connectivity index (χ0v) is 10.8. The molecule has 5 nitrogen and oxygen atoms in total. The van der Waals surface area contributed by atoms with E-state index in [2.05, 4.69) is 21.2 Å². The number of aliphatic hydroxyl groups excluding tert-OH is 1. The molecular weight excluding hydrogens is 309 g/mol. The van der Waals surface area contributed by atoms with Gasteiger partial charge in [0.2, 0.25) is 0 Å². The standard InChI is InChI=1S/C11H11BrFNO4/c12-8-5-6(13)1-2-7(8)10(16)14-9(3-4-15)11(17)18/h1-2,5,9,15H,3-4H2,(H,14,16)(H,17,18). The summed E-state index contributed by atoms with van der Waals surface area (Å²) in [7, 11) is 0. The molecular formula is C11H11BrFNO4. The molecule has 18 heavy (non-hydrogen) atoms. The van der Waals surface area contributed by atoms with Crippen molar-refractivity contribution < 1.29 is 24.2 Å². The van der Waals surface area contributed by atoms with E-state index in [0.29, 0.717) is 0 Å². The van der Waals surface area contributed by atoms with E-state index in [0.717, 1.165) is 12.1 Å². The third-order valence-electron chi connectivity index (χ3n) is 2.20. The van der Waals surface area contributed by atoms with E-state index in [9.17, 15) is 14.0 Å². The minimum absolute atomic E-state index is 0.0973. The molecule has 0 fully saturated rings. The van der Waals surface area contributed by atoms with E-state index in [1.54, 1.807) is 0 Å². The monoisotopic (exact) mass is 319 g/mol. The average molecular weight is 320 g/mol. The lowest BCUT2D eigenvalue weighted by molar-refractivity contribution is -0.139. The third-order valence-corrected chi connectivity index (χ3v) is 2.85. The van der Waals surface area contributed by atoms with Crippen LogP contribution in [0, 0.1) is 5.82 Å². The fourth-order valence-corrected chi connectivity index (χ4v) is 1.83. The average Bonchev–Trinajstić information content (AvgIpc) is 2.27. The highest BCUT2D eigenvalue weighted by molar-refractivity contribution is 9.10. The Morgan fingerprint density at radius 1 is 1.44 bits per heavy atom. The number of carboxylic acid groups (broad SMARTS) is 1. The molecule has 0 bridgehead atoms. The Kier molecular flexibility index (Phi) is 5.24.